The third-order valence-electron chi connectivity index (χ3n) is 4.55. The molecule has 0 aliphatic carbocycles. The van der Waals surface area contributed by atoms with Crippen LogP contribution in [0.5, 0.6) is 0 Å². The monoisotopic (exact) mass is 535 g/mol. The number of aliphatic hydroxyl groups excluding tert-OH is 1. The number of hydrogen-bond donors (Lipinski definition) is 1. The quantitative estimate of drug-likeness (QED) is 0.301. The van der Waals surface area contributed by atoms with Crippen LogP contribution in [0.3, 0.4) is 0 Å². The molecule has 0 saturated heterocycles. The Kier molecular flexibility index (Phi) is 12.5. The third-order valence-corrected chi connectivity index (χ3v) is 4.55. The van der Waals surface area contributed by atoms with Crippen LogP contribution in [0.25, 0.3) is 23.0 Å². The number of ether oxygens (including phenoxy) is 1. The number of amides is 1. The van der Waals surface area contributed by atoms with Crippen molar-refractivity contribution in [1.82, 2.24) is 55.7 Å². The molecule has 0 aromatic carbocycles. The predicted molar refractivity (Wildman–Crippen MR) is 138 cm³/mol. The fraction of sp³-hybridized carbons (Fsp3) is 0.333. The van der Waals surface area contributed by atoms with Crippen molar-refractivity contribution in [3.05, 3.63) is 60.4 Å². The molecule has 15 nitrogen and oxygen atoms in total. The fourth-order valence-corrected chi connectivity index (χ4v) is 2.86. The number of hydrogen-bond acceptors (Lipinski definition) is 14. The van der Waals surface area contributed by atoms with Gasteiger partial charge in [0.1, 0.15) is 11.4 Å². The Balaban J connectivity index is 0.000000272. The molecule has 0 unspecified atom stereocenters. The zero-order valence-electron chi connectivity index (χ0n) is 20.7. The molecule has 204 valence electrons. The van der Waals surface area contributed by atoms with Crippen molar-refractivity contribution in [3.8, 4) is 23.0 Å². The van der Waals surface area contributed by atoms with Crippen LogP contribution in [-0.2, 0) is 4.74 Å². The average Bonchev–Trinajstić information content (AvgIpc) is 2.98. The normalized spacial score (nSPS) is 9.92. The van der Waals surface area contributed by atoms with Crippen molar-refractivity contribution in [2.75, 3.05) is 26.3 Å². The second-order valence-corrected chi connectivity index (χ2v) is 7.26. The molecule has 39 heavy (non-hydrogen) atoms. The first-order valence-electron chi connectivity index (χ1n) is 11.6. The zero-order valence-corrected chi connectivity index (χ0v) is 20.7. The zero-order chi connectivity index (χ0) is 27.2. The van der Waals surface area contributed by atoms with Crippen molar-refractivity contribution in [2.45, 2.75) is 27.7 Å². The first kappa shape index (κ1) is 30.3. The van der Waals surface area contributed by atoms with Gasteiger partial charge in [0.2, 0.25) is 11.6 Å². The van der Waals surface area contributed by atoms with Gasteiger partial charge < -0.3 is 14.7 Å². The van der Waals surface area contributed by atoms with E-state index in [1.54, 1.807) is 55.7 Å². The highest BCUT2D eigenvalue weighted by Gasteiger charge is 2.19. The van der Waals surface area contributed by atoms with Crippen LogP contribution in [0.4, 0.5) is 0 Å². The van der Waals surface area contributed by atoms with E-state index in [9.17, 15) is 9.59 Å². The number of aliphatic hydroxyl groups is 1. The third kappa shape index (κ3) is 8.85. The van der Waals surface area contributed by atoms with E-state index in [4.69, 9.17) is 9.84 Å². The molecule has 4 rings (SSSR count). The summed E-state index contributed by atoms with van der Waals surface area (Å²) in [6.45, 7) is 4.53. The van der Waals surface area contributed by atoms with E-state index < -0.39 is 11.9 Å². The van der Waals surface area contributed by atoms with Gasteiger partial charge in [0.15, 0.2) is 0 Å². The summed E-state index contributed by atoms with van der Waals surface area (Å²) in [5.41, 5.74) is 1.08. The molecule has 1 amide bonds. The van der Waals surface area contributed by atoms with Crippen LogP contribution < -0.4 is 0 Å². The van der Waals surface area contributed by atoms with Crippen molar-refractivity contribution in [2.24, 2.45) is 0 Å². The second kappa shape index (κ2) is 16.0. The van der Waals surface area contributed by atoms with Crippen LogP contribution in [0.15, 0.2) is 48.8 Å². The number of esters is 1. The molecule has 0 aliphatic rings. The van der Waals surface area contributed by atoms with Gasteiger partial charge >= 0.3 is 5.97 Å². The number of carbonyl (C=O) groups excluding carboxylic acids is 2. The number of nitrogens with zero attached hydrogens (tertiary/aromatic N) is 11. The Bertz CT molecular complexity index is 1270. The van der Waals surface area contributed by atoms with Crippen molar-refractivity contribution in [1.29, 1.82) is 0 Å². The first-order chi connectivity index (χ1) is 18.6. The van der Waals surface area contributed by atoms with Crippen LogP contribution in [0, 0.1) is 0 Å². The number of carbonyl (C=O) groups is 2. The molecule has 15 heteroatoms. The molecule has 0 radical (unpaired) electrons. The SMILES string of the molecule is C.CCCN(CCO)C(=O)c1nnc(-c2ccccn2)nn1.CCOC(=O)c1nnc(-c2ccccn2)nn1. The van der Waals surface area contributed by atoms with Crippen molar-refractivity contribution >= 4 is 11.9 Å². The lowest BCUT2D eigenvalue weighted by Crippen LogP contribution is -2.35. The van der Waals surface area contributed by atoms with Gasteiger partial charge in [-0.1, -0.05) is 26.5 Å². The smallest absolute Gasteiger partial charge is 0.380 e. The van der Waals surface area contributed by atoms with Gasteiger partial charge in [-0.25, -0.2) is 4.79 Å². The standard InChI is InChI=1S/C13H16N6O2.C10H9N5O2.CH4/c1-2-7-19(8-9-20)13(21)12-17-15-11(16-18-12)10-5-3-4-6-14-10;1-2-17-10(16)9-14-12-8(13-15-9)7-5-3-4-6-11-7;/h3-6,20H,2,7-9H2,1H3;3-6H,2H2,1H3;1H4. The summed E-state index contributed by atoms with van der Waals surface area (Å²) >= 11 is 0. The Labute approximate surface area is 224 Å². The van der Waals surface area contributed by atoms with E-state index in [-0.39, 0.29) is 50.5 Å². The Morgan fingerprint density at radius 3 is 1.69 bits per heavy atom. The lowest BCUT2D eigenvalue weighted by molar-refractivity contribution is 0.0508. The lowest BCUT2D eigenvalue weighted by Gasteiger charge is -2.19. The first-order valence-corrected chi connectivity index (χ1v) is 11.6. The van der Waals surface area contributed by atoms with Crippen LogP contribution >= 0.6 is 0 Å². The van der Waals surface area contributed by atoms with E-state index in [1.807, 2.05) is 6.92 Å². The van der Waals surface area contributed by atoms with Crippen LogP contribution in [0.1, 0.15) is 48.9 Å². The summed E-state index contributed by atoms with van der Waals surface area (Å²) in [5, 5.41) is 39.1. The highest BCUT2D eigenvalue weighted by molar-refractivity contribution is 5.90. The molecule has 0 spiro atoms. The number of pyridine rings is 2. The Morgan fingerprint density at radius 2 is 1.28 bits per heavy atom. The van der Waals surface area contributed by atoms with Gasteiger partial charge in [-0.3, -0.25) is 14.8 Å². The Morgan fingerprint density at radius 1 is 0.769 bits per heavy atom. The minimum Gasteiger partial charge on any atom is -0.460 e. The minimum atomic E-state index is -0.639. The summed E-state index contributed by atoms with van der Waals surface area (Å²) in [7, 11) is 0. The average molecular weight is 536 g/mol. The molecule has 0 saturated carbocycles. The van der Waals surface area contributed by atoms with E-state index in [1.165, 1.54) is 4.90 Å². The van der Waals surface area contributed by atoms with Crippen molar-refractivity contribution in [3.63, 3.8) is 0 Å². The van der Waals surface area contributed by atoms with Crippen molar-refractivity contribution < 1.29 is 19.4 Å². The molecule has 0 atom stereocenters. The van der Waals surface area contributed by atoms with Gasteiger partial charge in [-0.2, -0.15) is 0 Å². The van der Waals surface area contributed by atoms with E-state index in [0.29, 0.717) is 17.9 Å². The predicted octanol–water partition coefficient (Wildman–Crippen LogP) is 1.31. The maximum absolute atomic E-state index is 12.2. The minimum absolute atomic E-state index is 0. The van der Waals surface area contributed by atoms with E-state index >= 15 is 0 Å². The summed E-state index contributed by atoms with van der Waals surface area (Å²) in [5.74, 6) is -0.753. The molecule has 4 heterocycles. The lowest BCUT2D eigenvalue weighted by atomic mass is 10.3. The maximum Gasteiger partial charge on any atom is 0.380 e. The van der Waals surface area contributed by atoms with Gasteiger partial charge in [0.05, 0.1) is 13.2 Å². The van der Waals surface area contributed by atoms with Gasteiger partial charge in [-0.15, -0.1) is 40.8 Å². The Hall–Kier alpha value is -4.92. The highest BCUT2D eigenvalue weighted by Crippen LogP contribution is 2.09. The molecule has 0 aliphatic heterocycles. The fourth-order valence-electron chi connectivity index (χ4n) is 2.86. The second-order valence-electron chi connectivity index (χ2n) is 7.26. The van der Waals surface area contributed by atoms with Crippen LogP contribution in [-0.4, -0.2) is 98.9 Å². The van der Waals surface area contributed by atoms with Crippen LogP contribution in [0.2, 0.25) is 0 Å². The highest BCUT2D eigenvalue weighted by atomic mass is 16.5. The summed E-state index contributed by atoms with van der Waals surface area (Å²) in [6.07, 6.45) is 4.00. The van der Waals surface area contributed by atoms with E-state index in [2.05, 4.69) is 50.8 Å². The van der Waals surface area contributed by atoms with E-state index in [0.717, 1.165) is 6.42 Å². The molecular formula is C24H29N11O4. The summed E-state index contributed by atoms with van der Waals surface area (Å²) < 4.78 is 4.71. The summed E-state index contributed by atoms with van der Waals surface area (Å²) in [4.78, 5) is 33.0. The molecule has 0 bridgehead atoms. The van der Waals surface area contributed by atoms with Gasteiger partial charge in [0.25, 0.3) is 17.6 Å². The maximum atomic E-state index is 12.2. The summed E-state index contributed by atoms with van der Waals surface area (Å²) in [6, 6.07) is 10.6. The molecule has 4 aromatic heterocycles. The van der Waals surface area contributed by atoms with Gasteiger partial charge in [0, 0.05) is 25.5 Å². The number of rotatable bonds is 9. The molecule has 1 N–H and O–H groups in total. The molecular weight excluding hydrogens is 506 g/mol. The number of aromatic nitrogens is 10. The largest absolute Gasteiger partial charge is 0.460 e. The topological polar surface area (TPSA) is 196 Å². The molecule has 4 aromatic rings. The van der Waals surface area contributed by atoms with Gasteiger partial charge in [-0.05, 0) is 37.6 Å². The molecule has 0 fully saturated rings.